The highest BCUT2D eigenvalue weighted by Crippen LogP contribution is 2.52. The molecule has 57 heavy (non-hydrogen) atoms. The lowest BCUT2D eigenvalue weighted by Crippen LogP contribution is -2.16. The summed E-state index contributed by atoms with van der Waals surface area (Å²) in [7, 11) is 0. The van der Waals surface area contributed by atoms with Gasteiger partial charge < -0.3 is 0 Å². The number of nitrogens with zero attached hydrogens (tertiary/aromatic N) is 2. The maximum Gasteiger partial charge on any atom is 0.160 e. The van der Waals surface area contributed by atoms with Gasteiger partial charge >= 0.3 is 0 Å². The highest BCUT2D eigenvalue weighted by atomic mass is 14.9. The minimum atomic E-state index is -0.112. The summed E-state index contributed by atoms with van der Waals surface area (Å²) in [6, 6.07) is 70.2. The molecule has 1 heterocycles. The highest BCUT2D eigenvalue weighted by molar-refractivity contribution is 6.20. The molecule has 268 valence electrons. The Hall–Kier alpha value is -7.16. The van der Waals surface area contributed by atoms with E-state index in [1.165, 1.54) is 76.8 Å². The molecule has 2 heteroatoms. The molecule has 1 aromatic heterocycles. The van der Waals surface area contributed by atoms with Crippen molar-refractivity contribution in [2.75, 3.05) is 0 Å². The number of hydrogen-bond acceptors (Lipinski definition) is 2. The lowest BCUT2D eigenvalue weighted by atomic mass is 9.78. The van der Waals surface area contributed by atoms with Crippen molar-refractivity contribution in [2.24, 2.45) is 0 Å². The fourth-order valence-corrected chi connectivity index (χ4v) is 9.33. The molecule has 0 aliphatic heterocycles. The van der Waals surface area contributed by atoms with Crippen LogP contribution in [-0.2, 0) is 5.41 Å². The van der Waals surface area contributed by atoms with E-state index in [4.69, 9.17) is 9.97 Å². The fourth-order valence-electron chi connectivity index (χ4n) is 9.33. The Kier molecular flexibility index (Phi) is 7.55. The van der Waals surface area contributed by atoms with Crippen LogP contribution in [0.1, 0.15) is 25.0 Å². The molecule has 0 unspecified atom stereocenters. The van der Waals surface area contributed by atoms with Crippen molar-refractivity contribution in [2.45, 2.75) is 19.3 Å². The topological polar surface area (TPSA) is 25.8 Å². The van der Waals surface area contributed by atoms with Crippen molar-refractivity contribution in [1.82, 2.24) is 9.97 Å². The number of benzene rings is 9. The second kappa shape index (κ2) is 13.0. The molecule has 0 fully saturated rings. The van der Waals surface area contributed by atoms with Crippen molar-refractivity contribution in [3.63, 3.8) is 0 Å². The maximum atomic E-state index is 5.21. The number of fused-ring (bicyclic) bond motifs is 7. The molecule has 0 amide bonds. The summed E-state index contributed by atoms with van der Waals surface area (Å²) in [4.78, 5) is 10.4. The summed E-state index contributed by atoms with van der Waals surface area (Å²) in [5.74, 6) is 0.710. The summed E-state index contributed by atoms with van der Waals surface area (Å²) >= 11 is 0. The van der Waals surface area contributed by atoms with E-state index in [1.807, 2.05) is 18.2 Å². The molecule has 2 nitrogen and oxygen atoms in total. The average Bonchev–Trinajstić information content (AvgIpc) is 3.51. The van der Waals surface area contributed by atoms with E-state index in [0.29, 0.717) is 5.82 Å². The molecule has 1 aliphatic carbocycles. The lowest BCUT2D eigenvalue weighted by molar-refractivity contribution is 0.662. The Morgan fingerprint density at radius 2 is 0.965 bits per heavy atom. The molecule has 0 bridgehead atoms. The summed E-state index contributed by atoms with van der Waals surface area (Å²) in [6.45, 7) is 4.70. The predicted octanol–water partition coefficient (Wildman–Crippen LogP) is 14.6. The van der Waals surface area contributed by atoms with Crippen LogP contribution in [0.25, 0.3) is 99.6 Å². The first-order valence-corrected chi connectivity index (χ1v) is 19.7. The monoisotopic (exact) mass is 726 g/mol. The highest BCUT2D eigenvalue weighted by Gasteiger charge is 2.37. The third kappa shape index (κ3) is 5.40. The summed E-state index contributed by atoms with van der Waals surface area (Å²) in [5, 5.41) is 7.55. The largest absolute Gasteiger partial charge is 0.228 e. The Labute approximate surface area is 332 Å². The van der Waals surface area contributed by atoms with Crippen molar-refractivity contribution >= 4 is 32.3 Å². The minimum Gasteiger partial charge on any atom is -0.228 e. The number of aromatic nitrogens is 2. The molecule has 0 N–H and O–H groups in total. The molecule has 0 spiro atoms. The Morgan fingerprint density at radius 3 is 1.81 bits per heavy atom. The zero-order chi connectivity index (χ0) is 38.1. The summed E-state index contributed by atoms with van der Waals surface area (Å²) in [5.41, 5.74) is 15.1. The standard InChI is InChI=1S/C55H38N2/c1-55(2)49-25-11-10-22-45(49)47-24-13-23-44(53(47)55)39-18-12-19-41(32-39)51-34-50(56-54(57-51)38-15-4-3-5-16-38)36-26-28-37(29-27-36)52-43-21-9-7-17-40(43)33-48-42-20-8-6-14-35(42)30-31-46(48)52/h3-34H,1-2H3. The molecule has 0 saturated heterocycles. The number of hydrogen-bond donors (Lipinski definition) is 0. The van der Waals surface area contributed by atoms with Crippen LogP contribution in [0.2, 0.25) is 0 Å². The van der Waals surface area contributed by atoms with E-state index in [9.17, 15) is 0 Å². The lowest BCUT2D eigenvalue weighted by Gasteiger charge is -2.24. The molecule has 9 aromatic carbocycles. The molecule has 1 aliphatic rings. The van der Waals surface area contributed by atoms with E-state index in [0.717, 1.165) is 28.1 Å². The third-order valence-electron chi connectivity index (χ3n) is 12.0. The fraction of sp³-hybridized carbons (Fsp3) is 0.0545. The quantitative estimate of drug-likeness (QED) is 0.130. The van der Waals surface area contributed by atoms with Crippen LogP contribution in [-0.4, -0.2) is 9.97 Å². The zero-order valence-electron chi connectivity index (χ0n) is 31.9. The molecule has 0 radical (unpaired) electrons. The van der Waals surface area contributed by atoms with Crippen molar-refractivity contribution in [3.8, 4) is 67.3 Å². The van der Waals surface area contributed by atoms with Crippen LogP contribution in [0.15, 0.2) is 194 Å². The minimum absolute atomic E-state index is 0.112. The zero-order valence-corrected chi connectivity index (χ0v) is 31.9. The first kappa shape index (κ1) is 33.2. The van der Waals surface area contributed by atoms with E-state index < -0.39 is 0 Å². The van der Waals surface area contributed by atoms with Gasteiger partial charge in [0.15, 0.2) is 5.82 Å². The van der Waals surface area contributed by atoms with Crippen molar-refractivity contribution in [3.05, 3.63) is 205 Å². The predicted molar refractivity (Wildman–Crippen MR) is 239 cm³/mol. The van der Waals surface area contributed by atoms with Gasteiger partial charge in [-0.1, -0.05) is 190 Å². The van der Waals surface area contributed by atoms with Crippen LogP contribution in [0.3, 0.4) is 0 Å². The molecule has 0 atom stereocenters. The maximum absolute atomic E-state index is 5.21. The van der Waals surface area contributed by atoms with Crippen molar-refractivity contribution in [1.29, 1.82) is 0 Å². The van der Waals surface area contributed by atoms with Crippen LogP contribution in [0.5, 0.6) is 0 Å². The van der Waals surface area contributed by atoms with Crippen LogP contribution < -0.4 is 0 Å². The van der Waals surface area contributed by atoms with Gasteiger partial charge in [0.25, 0.3) is 0 Å². The van der Waals surface area contributed by atoms with Crippen molar-refractivity contribution < 1.29 is 0 Å². The van der Waals surface area contributed by atoms with Gasteiger partial charge in [0.05, 0.1) is 11.4 Å². The van der Waals surface area contributed by atoms with E-state index in [-0.39, 0.29) is 5.41 Å². The smallest absolute Gasteiger partial charge is 0.160 e. The first-order valence-electron chi connectivity index (χ1n) is 19.7. The van der Waals surface area contributed by atoms with Gasteiger partial charge in [-0.2, -0.15) is 0 Å². The van der Waals surface area contributed by atoms with Gasteiger partial charge in [-0.3, -0.25) is 0 Å². The molecule has 10 aromatic rings. The van der Waals surface area contributed by atoms with E-state index in [2.05, 4.69) is 190 Å². The average molecular weight is 727 g/mol. The molecule has 0 saturated carbocycles. The Balaban J connectivity index is 1.04. The summed E-state index contributed by atoms with van der Waals surface area (Å²) in [6.07, 6.45) is 0. The van der Waals surface area contributed by atoms with Crippen LogP contribution in [0.4, 0.5) is 0 Å². The second-order valence-corrected chi connectivity index (χ2v) is 15.7. The Morgan fingerprint density at radius 1 is 0.351 bits per heavy atom. The molecular weight excluding hydrogens is 689 g/mol. The SMILES string of the molecule is CC1(C)c2ccccc2-c2cccc(-c3cccc(-c4cc(-c5ccc(-c6c7ccccc7cc7c6ccc6ccccc67)cc5)nc(-c5ccccc5)n4)c3)c21. The van der Waals surface area contributed by atoms with Crippen LogP contribution in [0, 0.1) is 0 Å². The summed E-state index contributed by atoms with van der Waals surface area (Å²) < 4.78 is 0. The van der Waals surface area contributed by atoms with E-state index >= 15 is 0 Å². The second-order valence-electron chi connectivity index (χ2n) is 15.7. The van der Waals surface area contributed by atoms with Gasteiger partial charge in [-0.25, -0.2) is 9.97 Å². The van der Waals surface area contributed by atoms with Gasteiger partial charge in [0.2, 0.25) is 0 Å². The molecular formula is C55H38N2. The number of rotatable bonds is 5. The Bertz CT molecular complexity index is 3190. The van der Waals surface area contributed by atoms with E-state index in [1.54, 1.807) is 0 Å². The third-order valence-corrected chi connectivity index (χ3v) is 12.0. The van der Waals surface area contributed by atoms with Gasteiger partial charge in [-0.15, -0.1) is 0 Å². The first-order chi connectivity index (χ1) is 28.0. The van der Waals surface area contributed by atoms with Crippen LogP contribution >= 0.6 is 0 Å². The molecule has 11 rings (SSSR count). The normalized spacial score (nSPS) is 12.9. The van der Waals surface area contributed by atoms with Gasteiger partial charge in [0.1, 0.15) is 0 Å². The van der Waals surface area contributed by atoms with Gasteiger partial charge in [-0.05, 0) is 95.0 Å². The van der Waals surface area contributed by atoms with Gasteiger partial charge in [0, 0.05) is 22.1 Å².